The fourth-order valence-electron chi connectivity index (χ4n) is 5.42. The number of hydrogen-bond acceptors (Lipinski definition) is 6. The summed E-state index contributed by atoms with van der Waals surface area (Å²) in [5.41, 5.74) is 1.67. The van der Waals surface area contributed by atoms with Crippen LogP contribution in [0.5, 0.6) is 0 Å². The molecule has 0 radical (unpaired) electrons. The van der Waals surface area contributed by atoms with Crippen molar-refractivity contribution < 1.29 is 36.0 Å². The summed E-state index contributed by atoms with van der Waals surface area (Å²) in [7, 11) is -3.59. The van der Waals surface area contributed by atoms with Crippen molar-refractivity contribution in [1.29, 1.82) is 0 Å². The number of aryl methyl sites for hydroxylation is 2. The first-order valence-corrected chi connectivity index (χ1v) is 14.7. The Hall–Kier alpha value is -3.42. The van der Waals surface area contributed by atoms with E-state index in [9.17, 15) is 36.0 Å². The topological polar surface area (TPSA) is 139 Å². The van der Waals surface area contributed by atoms with Crippen LogP contribution in [-0.4, -0.2) is 54.1 Å². The van der Waals surface area contributed by atoms with Gasteiger partial charge in [0.1, 0.15) is 23.6 Å². The zero-order valence-electron chi connectivity index (χ0n) is 21.2. The van der Waals surface area contributed by atoms with Gasteiger partial charge in [0.2, 0.25) is 11.8 Å². The highest BCUT2D eigenvalue weighted by molar-refractivity contribution is 7.91. The number of alkyl halides is 3. The van der Waals surface area contributed by atoms with E-state index in [1.54, 1.807) is 16.8 Å². The molecule has 3 N–H and O–H groups in total. The van der Waals surface area contributed by atoms with Crippen LogP contribution >= 0.6 is 0 Å². The van der Waals surface area contributed by atoms with Crippen LogP contribution in [0.2, 0.25) is 0 Å². The number of benzene rings is 1. The van der Waals surface area contributed by atoms with Crippen LogP contribution in [0.3, 0.4) is 0 Å². The Morgan fingerprint density at radius 1 is 1.21 bits per heavy atom. The van der Waals surface area contributed by atoms with E-state index in [0.717, 1.165) is 36.6 Å². The number of fused-ring (bicyclic) bond motifs is 3. The molecule has 0 bridgehead atoms. The Labute approximate surface area is 222 Å². The van der Waals surface area contributed by atoms with E-state index in [1.807, 2.05) is 0 Å². The number of rotatable bonds is 8. The van der Waals surface area contributed by atoms with Crippen molar-refractivity contribution in [3.63, 3.8) is 0 Å². The molecule has 5 rings (SSSR count). The number of aromatic nitrogens is 2. The molecule has 10 nitrogen and oxygen atoms in total. The van der Waals surface area contributed by atoms with E-state index in [1.165, 1.54) is 6.07 Å². The number of nitrogens with one attached hydrogen (secondary N) is 3. The molecule has 39 heavy (non-hydrogen) atoms. The van der Waals surface area contributed by atoms with Crippen molar-refractivity contribution in [2.24, 2.45) is 5.92 Å². The molecule has 1 aromatic carbocycles. The maximum Gasteiger partial charge on any atom is 0.397 e. The average Bonchev–Trinajstić information content (AvgIpc) is 3.47. The summed E-state index contributed by atoms with van der Waals surface area (Å²) in [5, 5.41) is 12.6. The fourth-order valence-corrected chi connectivity index (χ4v) is 5.97. The molecule has 1 spiro atoms. The van der Waals surface area contributed by atoms with Gasteiger partial charge in [-0.2, -0.15) is 18.3 Å². The smallest absolute Gasteiger partial charge is 0.342 e. The number of hydrogen-bond donors (Lipinski definition) is 3. The number of carbonyl (C=O) groups is 3. The molecule has 2 aromatic rings. The first-order valence-electron chi connectivity index (χ1n) is 12.6. The fraction of sp³-hybridized carbons (Fsp3) is 0.520. The zero-order valence-corrected chi connectivity index (χ0v) is 22.0. The number of sulfone groups is 1. The lowest BCUT2D eigenvalue weighted by atomic mass is 9.82. The molecule has 14 heteroatoms. The van der Waals surface area contributed by atoms with Crippen LogP contribution in [-0.2, 0) is 44.4 Å². The van der Waals surface area contributed by atoms with Crippen LogP contribution in [0.15, 0.2) is 18.2 Å². The predicted molar refractivity (Wildman–Crippen MR) is 135 cm³/mol. The number of halogens is 3. The highest BCUT2D eigenvalue weighted by atomic mass is 32.2. The first-order chi connectivity index (χ1) is 18.2. The summed E-state index contributed by atoms with van der Waals surface area (Å²) >= 11 is 0. The lowest BCUT2D eigenvalue weighted by Crippen LogP contribution is -2.49. The lowest BCUT2D eigenvalue weighted by molar-refractivity contribution is -0.150. The summed E-state index contributed by atoms with van der Waals surface area (Å²) in [6.07, 6.45) is -0.870. The van der Waals surface area contributed by atoms with Crippen LogP contribution in [0.4, 0.5) is 24.7 Å². The monoisotopic (exact) mass is 567 g/mol. The molecule has 0 saturated heterocycles. The van der Waals surface area contributed by atoms with Gasteiger partial charge in [-0.25, -0.2) is 13.1 Å². The van der Waals surface area contributed by atoms with Crippen LogP contribution in [0, 0.1) is 5.92 Å². The molecule has 0 unspecified atom stereocenters. The van der Waals surface area contributed by atoms with E-state index in [2.05, 4.69) is 21.0 Å². The summed E-state index contributed by atoms with van der Waals surface area (Å²) in [4.78, 5) is 37.6. The molecule has 2 heterocycles. The van der Waals surface area contributed by atoms with Gasteiger partial charge >= 0.3 is 6.18 Å². The summed E-state index contributed by atoms with van der Waals surface area (Å²) in [6, 6.07) is 4.81. The Morgan fingerprint density at radius 2 is 1.95 bits per heavy atom. The average molecular weight is 568 g/mol. The van der Waals surface area contributed by atoms with E-state index in [0.29, 0.717) is 37.4 Å². The Bertz CT molecular complexity index is 1460. The zero-order chi connectivity index (χ0) is 28.2. The van der Waals surface area contributed by atoms with Crippen molar-refractivity contribution in [2.45, 2.75) is 63.2 Å². The van der Waals surface area contributed by atoms with Crippen molar-refractivity contribution >= 4 is 39.1 Å². The molecule has 1 atom stereocenters. The van der Waals surface area contributed by atoms with E-state index in [4.69, 9.17) is 0 Å². The van der Waals surface area contributed by atoms with Crippen LogP contribution in [0.25, 0.3) is 0 Å². The van der Waals surface area contributed by atoms with E-state index in [-0.39, 0.29) is 17.1 Å². The molecule has 2 aliphatic carbocycles. The van der Waals surface area contributed by atoms with Gasteiger partial charge in [0.05, 0.1) is 11.2 Å². The summed E-state index contributed by atoms with van der Waals surface area (Å²) in [6.45, 7) is 0.462. The van der Waals surface area contributed by atoms with Gasteiger partial charge in [0.15, 0.2) is 9.84 Å². The van der Waals surface area contributed by atoms with Gasteiger partial charge < -0.3 is 16.0 Å². The minimum atomic E-state index is -4.61. The standard InChI is InChI=1S/C25H28F3N5O5S/c1-39(37,38)13-20(35)30-22-21-18(32-33(22)9-7-14-2-3-14)11-24(31-23(21)36)8-6-15-10-16(4-5-17(15)24)29-19(34)12-25(26,27)28/h4-5,10,14H,2-3,6-9,11-13H2,1H3,(H,29,34)(H,30,35)(H,31,36)/t24-/m0/s1. The second-order valence-electron chi connectivity index (χ2n) is 10.7. The van der Waals surface area contributed by atoms with Crippen molar-refractivity contribution in [2.75, 3.05) is 22.6 Å². The second kappa shape index (κ2) is 9.65. The number of carbonyl (C=O) groups excluding carboxylic acids is 3. The third-order valence-electron chi connectivity index (χ3n) is 7.26. The highest BCUT2D eigenvalue weighted by Crippen LogP contribution is 2.44. The van der Waals surface area contributed by atoms with Gasteiger partial charge in [-0.3, -0.25) is 14.4 Å². The quantitative estimate of drug-likeness (QED) is 0.448. The Kier molecular flexibility index (Phi) is 6.72. The molecular weight excluding hydrogens is 539 g/mol. The van der Waals surface area contributed by atoms with Crippen molar-refractivity contribution in [1.82, 2.24) is 15.1 Å². The third kappa shape index (κ3) is 6.10. The minimum absolute atomic E-state index is 0.174. The molecule has 1 aromatic heterocycles. The Balaban J connectivity index is 1.41. The molecule has 1 saturated carbocycles. The van der Waals surface area contributed by atoms with Crippen molar-refractivity contribution in [3.8, 4) is 0 Å². The van der Waals surface area contributed by atoms with Gasteiger partial charge in [0, 0.05) is 24.9 Å². The van der Waals surface area contributed by atoms with Gasteiger partial charge in [-0.15, -0.1) is 0 Å². The van der Waals surface area contributed by atoms with Gasteiger partial charge in [-0.05, 0) is 48.4 Å². The maximum absolute atomic E-state index is 13.5. The first kappa shape index (κ1) is 27.2. The minimum Gasteiger partial charge on any atom is -0.342 e. The van der Waals surface area contributed by atoms with Crippen LogP contribution < -0.4 is 16.0 Å². The van der Waals surface area contributed by atoms with E-state index >= 15 is 0 Å². The van der Waals surface area contributed by atoms with E-state index < -0.39 is 51.4 Å². The second-order valence-corrected chi connectivity index (χ2v) is 12.8. The predicted octanol–water partition coefficient (Wildman–Crippen LogP) is 2.68. The third-order valence-corrected chi connectivity index (χ3v) is 8.04. The Morgan fingerprint density at radius 3 is 2.62 bits per heavy atom. The lowest BCUT2D eigenvalue weighted by Gasteiger charge is -2.35. The number of anilines is 2. The molecule has 1 aliphatic heterocycles. The molecule has 1 fully saturated rings. The van der Waals surface area contributed by atoms with Gasteiger partial charge in [0.25, 0.3) is 5.91 Å². The van der Waals surface area contributed by atoms with Crippen LogP contribution in [0.1, 0.15) is 59.3 Å². The molecule has 210 valence electrons. The molecule has 3 amide bonds. The summed E-state index contributed by atoms with van der Waals surface area (Å²) in [5.74, 6) is -2.37. The number of amides is 3. The highest BCUT2D eigenvalue weighted by Gasteiger charge is 2.46. The van der Waals surface area contributed by atoms with Crippen molar-refractivity contribution in [3.05, 3.63) is 40.6 Å². The molecular formula is C25H28F3N5O5S. The molecule has 3 aliphatic rings. The SMILES string of the molecule is CS(=O)(=O)CC(=O)Nc1c2c(nn1CCC1CC1)C[C@]1(CCc3cc(NC(=O)CC(F)(F)F)ccc31)NC2=O. The largest absolute Gasteiger partial charge is 0.397 e. The summed E-state index contributed by atoms with van der Waals surface area (Å²) < 4.78 is 62.4. The maximum atomic E-state index is 13.5. The number of nitrogens with zero attached hydrogens (tertiary/aromatic N) is 2. The normalized spacial score (nSPS) is 20.4. The van der Waals surface area contributed by atoms with Gasteiger partial charge in [-0.1, -0.05) is 18.9 Å².